The highest BCUT2D eigenvalue weighted by atomic mass is 16.2. The predicted molar refractivity (Wildman–Crippen MR) is 42.7 cm³/mol. The molecule has 0 radical (unpaired) electrons. The Labute approximate surface area is 70.7 Å². The van der Waals surface area contributed by atoms with Crippen LogP contribution < -0.4 is 16.6 Å². The van der Waals surface area contributed by atoms with Crippen LogP contribution in [-0.2, 0) is 9.59 Å². The van der Waals surface area contributed by atoms with Crippen molar-refractivity contribution in [3.8, 4) is 0 Å². The van der Waals surface area contributed by atoms with Crippen molar-refractivity contribution >= 4 is 11.8 Å². The van der Waals surface area contributed by atoms with Crippen molar-refractivity contribution in [1.29, 1.82) is 0 Å². The lowest BCUT2D eigenvalue weighted by Crippen LogP contribution is -2.44. The van der Waals surface area contributed by atoms with Crippen LogP contribution in [0, 0.1) is 5.41 Å². The number of carbonyl (C=O) groups excluding carboxylic acids is 2. The number of carbonyl (C=O) groups is 2. The molecule has 0 unspecified atom stereocenters. The molecule has 68 valence electrons. The molecule has 1 fully saturated rings. The number of hydrazine groups is 1. The van der Waals surface area contributed by atoms with Crippen molar-refractivity contribution in [2.45, 2.75) is 19.8 Å². The molecule has 1 aliphatic rings. The van der Waals surface area contributed by atoms with E-state index in [1.807, 2.05) is 0 Å². The monoisotopic (exact) mass is 171 g/mol. The SMILES string of the molecule is CC1(CNC(=O)C(=O)NN)CC1. The molecule has 0 aromatic carbocycles. The number of hydrogen-bond donors (Lipinski definition) is 3. The first-order chi connectivity index (χ1) is 5.57. The Morgan fingerprint density at radius 3 is 2.42 bits per heavy atom. The van der Waals surface area contributed by atoms with E-state index in [1.165, 1.54) is 0 Å². The van der Waals surface area contributed by atoms with E-state index >= 15 is 0 Å². The Bertz CT molecular complexity index is 211. The summed E-state index contributed by atoms with van der Waals surface area (Å²) in [6, 6.07) is 0. The molecule has 0 atom stereocenters. The molecule has 0 spiro atoms. The van der Waals surface area contributed by atoms with Gasteiger partial charge >= 0.3 is 11.8 Å². The molecule has 4 N–H and O–H groups in total. The average Bonchev–Trinajstić information content (AvgIpc) is 2.79. The maximum absolute atomic E-state index is 10.8. The summed E-state index contributed by atoms with van der Waals surface area (Å²) in [5.74, 6) is 3.31. The van der Waals surface area contributed by atoms with Crippen LogP contribution in [0.5, 0.6) is 0 Å². The quantitative estimate of drug-likeness (QED) is 0.213. The van der Waals surface area contributed by atoms with E-state index in [0.717, 1.165) is 12.8 Å². The summed E-state index contributed by atoms with van der Waals surface area (Å²) in [5.41, 5.74) is 1.98. The minimum absolute atomic E-state index is 0.213. The van der Waals surface area contributed by atoms with Gasteiger partial charge in [-0.2, -0.15) is 0 Å². The lowest BCUT2D eigenvalue weighted by Gasteiger charge is -2.08. The molecule has 1 saturated carbocycles. The second kappa shape index (κ2) is 3.10. The predicted octanol–water partition coefficient (Wildman–Crippen LogP) is -1.11. The van der Waals surface area contributed by atoms with Crippen LogP contribution >= 0.6 is 0 Å². The molecule has 2 amide bonds. The molecule has 0 aromatic heterocycles. The summed E-state index contributed by atoms with van der Waals surface area (Å²) in [6.45, 7) is 2.62. The van der Waals surface area contributed by atoms with Gasteiger partial charge in [0.15, 0.2) is 0 Å². The van der Waals surface area contributed by atoms with Gasteiger partial charge in [-0.05, 0) is 18.3 Å². The van der Waals surface area contributed by atoms with Gasteiger partial charge in [-0.25, -0.2) is 5.84 Å². The first-order valence-corrected chi connectivity index (χ1v) is 3.86. The molecule has 0 saturated heterocycles. The fourth-order valence-electron chi connectivity index (χ4n) is 0.830. The number of amides is 2. The summed E-state index contributed by atoms with van der Waals surface area (Å²) in [5, 5.41) is 2.50. The largest absolute Gasteiger partial charge is 0.347 e. The molecule has 0 aliphatic heterocycles. The Morgan fingerprint density at radius 2 is 2.00 bits per heavy atom. The average molecular weight is 171 g/mol. The second-order valence-electron chi connectivity index (χ2n) is 3.47. The van der Waals surface area contributed by atoms with Crippen LogP contribution in [0.15, 0.2) is 0 Å². The van der Waals surface area contributed by atoms with Gasteiger partial charge in [-0.15, -0.1) is 0 Å². The fourth-order valence-corrected chi connectivity index (χ4v) is 0.830. The maximum Gasteiger partial charge on any atom is 0.323 e. The summed E-state index contributed by atoms with van der Waals surface area (Å²) >= 11 is 0. The molecule has 0 aromatic rings. The summed E-state index contributed by atoms with van der Waals surface area (Å²) < 4.78 is 0. The molecule has 1 rings (SSSR count). The van der Waals surface area contributed by atoms with E-state index < -0.39 is 11.8 Å². The maximum atomic E-state index is 10.8. The van der Waals surface area contributed by atoms with Gasteiger partial charge in [-0.3, -0.25) is 15.0 Å². The van der Waals surface area contributed by atoms with Gasteiger partial charge in [0.2, 0.25) is 0 Å². The summed E-state index contributed by atoms with van der Waals surface area (Å²) in [4.78, 5) is 21.4. The van der Waals surface area contributed by atoms with E-state index in [9.17, 15) is 9.59 Å². The molecule has 0 heterocycles. The third-order valence-electron chi connectivity index (χ3n) is 2.12. The molecular weight excluding hydrogens is 158 g/mol. The van der Waals surface area contributed by atoms with Crippen LogP contribution in [0.3, 0.4) is 0 Å². The first kappa shape index (κ1) is 8.99. The van der Waals surface area contributed by atoms with E-state index in [4.69, 9.17) is 5.84 Å². The highest BCUT2D eigenvalue weighted by molar-refractivity contribution is 6.34. The van der Waals surface area contributed by atoms with Gasteiger partial charge in [-0.1, -0.05) is 6.92 Å². The third-order valence-corrected chi connectivity index (χ3v) is 2.12. The topological polar surface area (TPSA) is 84.2 Å². The van der Waals surface area contributed by atoms with Crippen molar-refractivity contribution in [3.05, 3.63) is 0 Å². The molecule has 5 nitrogen and oxygen atoms in total. The van der Waals surface area contributed by atoms with Crippen molar-refractivity contribution in [2.75, 3.05) is 6.54 Å². The lowest BCUT2D eigenvalue weighted by molar-refractivity contribution is -0.139. The Balaban J connectivity index is 2.22. The standard InChI is InChI=1S/C7H13N3O2/c1-7(2-3-7)4-9-5(11)6(12)10-8/h2-4,8H2,1H3,(H,9,11)(H,10,12). The van der Waals surface area contributed by atoms with Gasteiger partial charge in [0.25, 0.3) is 0 Å². The number of hydrogen-bond acceptors (Lipinski definition) is 3. The Hall–Kier alpha value is -1.10. The van der Waals surface area contributed by atoms with Crippen LogP contribution in [0.2, 0.25) is 0 Å². The van der Waals surface area contributed by atoms with E-state index in [1.54, 1.807) is 5.43 Å². The smallest absolute Gasteiger partial charge is 0.323 e. The molecular formula is C7H13N3O2. The van der Waals surface area contributed by atoms with Crippen LogP contribution in [0.1, 0.15) is 19.8 Å². The van der Waals surface area contributed by atoms with Gasteiger partial charge < -0.3 is 5.32 Å². The Morgan fingerprint density at radius 1 is 1.42 bits per heavy atom. The van der Waals surface area contributed by atoms with Crippen LogP contribution in [0.25, 0.3) is 0 Å². The molecule has 1 aliphatic carbocycles. The van der Waals surface area contributed by atoms with Crippen molar-refractivity contribution < 1.29 is 9.59 Å². The fraction of sp³-hybridized carbons (Fsp3) is 0.714. The normalized spacial score (nSPS) is 18.2. The van der Waals surface area contributed by atoms with Gasteiger partial charge in [0, 0.05) is 6.54 Å². The Kier molecular flexibility index (Phi) is 2.32. The second-order valence-corrected chi connectivity index (χ2v) is 3.47. The highest BCUT2D eigenvalue weighted by Crippen LogP contribution is 2.43. The minimum atomic E-state index is -0.792. The van der Waals surface area contributed by atoms with Crippen LogP contribution in [0.4, 0.5) is 0 Å². The molecule has 12 heavy (non-hydrogen) atoms. The number of rotatable bonds is 2. The van der Waals surface area contributed by atoms with Crippen molar-refractivity contribution in [1.82, 2.24) is 10.7 Å². The van der Waals surface area contributed by atoms with Crippen molar-refractivity contribution in [3.63, 3.8) is 0 Å². The van der Waals surface area contributed by atoms with E-state index in [-0.39, 0.29) is 5.41 Å². The summed E-state index contributed by atoms with van der Waals surface area (Å²) in [6.07, 6.45) is 2.22. The van der Waals surface area contributed by atoms with Gasteiger partial charge in [0.05, 0.1) is 0 Å². The van der Waals surface area contributed by atoms with Crippen LogP contribution in [-0.4, -0.2) is 18.4 Å². The summed E-state index contributed by atoms with van der Waals surface area (Å²) in [7, 11) is 0. The minimum Gasteiger partial charge on any atom is -0.347 e. The zero-order valence-electron chi connectivity index (χ0n) is 7.02. The zero-order chi connectivity index (χ0) is 9.19. The molecule has 5 heteroatoms. The first-order valence-electron chi connectivity index (χ1n) is 3.86. The zero-order valence-corrected chi connectivity index (χ0v) is 7.02. The van der Waals surface area contributed by atoms with Gasteiger partial charge in [0.1, 0.15) is 0 Å². The highest BCUT2D eigenvalue weighted by Gasteiger charge is 2.37. The number of nitrogens with two attached hydrogens (primary N) is 1. The number of nitrogens with one attached hydrogen (secondary N) is 2. The van der Waals surface area contributed by atoms with E-state index in [0.29, 0.717) is 6.54 Å². The van der Waals surface area contributed by atoms with Crippen molar-refractivity contribution in [2.24, 2.45) is 11.3 Å². The lowest BCUT2D eigenvalue weighted by atomic mass is 10.1. The third kappa shape index (κ3) is 2.20. The van der Waals surface area contributed by atoms with E-state index in [2.05, 4.69) is 12.2 Å². The molecule has 0 bridgehead atoms.